The van der Waals surface area contributed by atoms with Crippen LogP contribution in [-0.2, 0) is 13.5 Å². The Morgan fingerprint density at radius 2 is 2.16 bits per heavy atom. The van der Waals surface area contributed by atoms with Gasteiger partial charge in [0, 0.05) is 30.9 Å². The Morgan fingerprint density at radius 1 is 1.37 bits per heavy atom. The minimum atomic E-state index is 0.696. The number of nitriles is 1. The highest BCUT2D eigenvalue weighted by molar-refractivity contribution is 5.70. The third-order valence-electron chi connectivity index (χ3n) is 3.07. The van der Waals surface area contributed by atoms with Crippen LogP contribution in [0.5, 0.6) is 0 Å². The molecule has 2 rings (SSSR count). The number of aromatic nitrogens is 2. The zero-order valence-corrected chi connectivity index (χ0v) is 11.6. The summed E-state index contributed by atoms with van der Waals surface area (Å²) in [6.07, 6.45) is 4.71. The molecule has 1 aromatic carbocycles. The summed E-state index contributed by atoms with van der Waals surface area (Å²) in [5.41, 5.74) is 3.89. The van der Waals surface area contributed by atoms with Crippen molar-refractivity contribution >= 4 is 0 Å². The minimum absolute atomic E-state index is 0.696. The van der Waals surface area contributed by atoms with Crippen molar-refractivity contribution in [3.05, 3.63) is 41.7 Å². The van der Waals surface area contributed by atoms with Gasteiger partial charge in [-0.05, 0) is 38.2 Å². The molecule has 0 aliphatic heterocycles. The van der Waals surface area contributed by atoms with E-state index in [4.69, 9.17) is 0 Å². The van der Waals surface area contributed by atoms with E-state index in [9.17, 15) is 5.26 Å². The Balaban J connectivity index is 2.35. The molecule has 0 saturated heterocycles. The molecule has 98 valence electrons. The van der Waals surface area contributed by atoms with Crippen LogP contribution in [0.1, 0.15) is 11.1 Å². The first kappa shape index (κ1) is 13.3. The zero-order valence-electron chi connectivity index (χ0n) is 11.6. The summed E-state index contributed by atoms with van der Waals surface area (Å²) < 4.78 is 1.75. The highest BCUT2D eigenvalue weighted by Crippen LogP contribution is 2.24. The second-order valence-electron chi connectivity index (χ2n) is 4.95. The molecule has 0 radical (unpaired) electrons. The molecule has 0 spiro atoms. The maximum absolute atomic E-state index is 9.21. The smallest absolute Gasteiger partial charge is 0.0998 e. The van der Waals surface area contributed by atoms with Crippen LogP contribution in [-0.4, -0.2) is 35.3 Å². The molecule has 4 heteroatoms. The van der Waals surface area contributed by atoms with Crippen LogP contribution >= 0.6 is 0 Å². The van der Waals surface area contributed by atoms with Gasteiger partial charge >= 0.3 is 0 Å². The van der Waals surface area contributed by atoms with Gasteiger partial charge in [-0.15, -0.1) is 0 Å². The molecule has 0 fully saturated rings. The van der Waals surface area contributed by atoms with Gasteiger partial charge in [-0.3, -0.25) is 4.68 Å². The standard InChI is InChI=1S/C15H18N4/c1-18(2)7-6-12-4-5-13(9-16)15(8-12)14-10-17-19(3)11-14/h4-5,8,10-11H,6-7H2,1-3H3. The van der Waals surface area contributed by atoms with E-state index < -0.39 is 0 Å². The lowest BCUT2D eigenvalue weighted by atomic mass is 9.99. The molecule has 0 amide bonds. The van der Waals surface area contributed by atoms with E-state index in [1.54, 1.807) is 10.9 Å². The summed E-state index contributed by atoms with van der Waals surface area (Å²) in [5, 5.41) is 13.4. The molecule has 0 N–H and O–H groups in total. The Bertz CT molecular complexity index is 605. The number of nitrogens with zero attached hydrogens (tertiary/aromatic N) is 4. The summed E-state index contributed by atoms with van der Waals surface area (Å²) in [4.78, 5) is 2.15. The highest BCUT2D eigenvalue weighted by Gasteiger charge is 2.08. The van der Waals surface area contributed by atoms with Crippen molar-refractivity contribution in [2.24, 2.45) is 7.05 Å². The minimum Gasteiger partial charge on any atom is -0.309 e. The van der Waals surface area contributed by atoms with Crippen molar-refractivity contribution in [2.45, 2.75) is 6.42 Å². The Morgan fingerprint density at radius 3 is 2.74 bits per heavy atom. The largest absolute Gasteiger partial charge is 0.309 e. The van der Waals surface area contributed by atoms with E-state index in [-0.39, 0.29) is 0 Å². The van der Waals surface area contributed by atoms with Gasteiger partial charge in [-0.1, -0.05) is 6.07 Å². The fraction of sp³-hybridized carbons (Fsp3) is 0.333. The normalized spacial score (nSPS) is 10.7. The molecule has 0 aliphatic rings. The number of aryl methyl sites for hydroxylation is 1. The maximum atomic E-state index is 9.21. The first-order chi connectivity index (χ1) is 9.10. The van der Waals surface area contributed by atoms with Crippen molar-refractivity contribution in [2.75, 3.05) is 20.6 Å². The molecule has 1 heterocycles. The SMILES string of the molecule is CN(C)CCc1ccc(C#N)c(-c2cnn(C)c2)c1. The Labute approximate surface area is 113 Å². The van der Waals surface area contributed by atoms with E-state index in [2.05, 4.69) is 36.2 Å². The molecule has 0 bridgehead atoms. The van der Waals surface area contributed by atoms with Crippen molar-refractivity contribution in [3.63, 3.8) is 0 Å². The summed E-state index contributed by atoms with van der Waals surface area (Å²) in [7, 11) is 6.00. The predicted octanol–water partition coefficient (Wildman–Crippen LogP) is 2.06. The van der Waals surface area contributed by atoms with E-state index in [1.807, 2.05) is 25.4 Å². The Hall–Kier alpha value is -2.12. The number of benzene rings is 1. The van der Waals surface area contributed by atoms with Crippen LogP contribution in [0, 0.1) is 11.3 Å². The molecule has 1 aromatic heterocycles. The van der Waals surface area contributed by atoms with Crippen LogP contribution < -0.4 is 0 Å². The van der Waals surface area contributed by atoms with Gasteiger partial charge in [0.2, 0.25) is 0 Å². The van der Waals surface area contributed by atoms with E-state index in [0.29, 0.717) is 5.56 Å². The third kappa shape index (κ3) is 3.21. The van der Waals surface area contributed by atoms with Crippen molar-refractivity contribution in [3.8, 4) is 17.2 Å². The maximum Gasteiger partial charge on any atom is 0.0998 e. The van der Waals surface area contributed by atoms with Crippen molar-refractivity contribution < 1.29 is 0 Å². The van der Waals surface area contributed by atoms with Gasteiger partial charge in [0.15, 0.2) is 0 Å². The summed E-state index contributed by atoms with van der Waals surface area (Å²) in [6, 6.07) is 8.27. The topological polar surface area (TPSA) is 44.9 Å². The third-order valence-corrected chi connectivity index (χ3v) is 3.07. The first-order valence-electron chi connectivity index (χ1n) is 6.27. The molecule has 2 aromatic rings. The second kappa shape index (κ2) is 5.68. The lowest BCUT2D eigenvalue weighted by Crippen LogP contribution is -2.15. The van der Waals surface area contributed by atoms with Crippen LogP contribution in [0.4, 0.5) is 0 Å². The van der Waals surface area contributed by atoms with Gasteiger partial charge in [0.25, 0.3) is 0 Å². The molecular weight excluding hydrogens is 236 g/mol. The molecule has 0 atom stereocenters. The van der Waals surface area contributed by atoms with Crippen LogP contribution in [0.2, 0.25) is 0 Å². The monoisotopic (exact) mass is 254 g/mol. The van der Waals surface area contributed by atoms with Crippen LogP contribution in [0.3, 0.4) is 0 Å². The number of rotatable bonds is 4. The van der Waals surface area contributed by atoms with Crippen molar-refractivity contribution in [1.82, 2.24) is 14.7 Å². The van der Waals surface area contributed by atoms with Gasteiger partial charge < -0.3 is 4.90 Å². The molecule has 0 aliphatic carbocycles. The average molecular weight is 254 g/mol. The second-order valence-corrected chi connectivity index (χ2v) is 4.95. The van der Waals surface area contributed by atoms with Gasteiger partial charge in [-0.2, -0.15) is 10.4 Å². The van der Waals surface area contributed by atoms with E-state index in [1.165, 1.54) is 5.56 Å². The molecule has 0 unspecified atom stereocenters. The number of hydrogen-bond acceptors (Lipinski definition) is 3. The quantitative estimate of drug-likeness (QED) is 0.839. The van der Waals surface area contributed by atoms with E-state index >= 15 is 0 Å². The van der Waals surface area contributed by atoms with Crippen LogP contribution in [0.15, 0.2) is 30.6 Å². The van der Waals surface area contributed by atoms with E-state index in [0.717, 1.165) is 24.1 Å². The Kier molecular flexibility index (Phi) is 3.98. The summed E-state index contributed by atoms with van der Waals surface area (Å²) >= 11 is 0. The lowest BCUT2D eigenvalue weighted by molar-refractivity contribution is 0.413. The number of likely N-dealkylation sites (N-methyl/N-ethyl adjacent to an activating group) is 1. The van der Waals surface area contributed by atoms with Gasteiger partial charge in [-0.25, -0.2) is 0 Å². The molecular formula is C15H18N4. The summed E-state index contributed by atoms with van der Waals surface area (Å²) in [6.45, 7) is 0.998. The van der Waals surface area contributed by atoms with Gasteiger partial charge in [0.1, 0.15) is 0 Å². The summed E-state index contributed by atoms with van der Waals surface area (Å²) in [5.74, 6) is 0. The van der Waals surface area contributed by atoms with Crippen molar-refractivity contribution in [1.29, 1.82) is 5.26 Å². The number of hydrogen-bond donors (Lipinski definition) is 0. The fourth-order valence-electron chi connectivity index (χ4n) is 2.00. The molecule has 4 nitrogen and oxygen atoms in total. The average Bonchev–Trinajstić information content (AvgIpc) is 2.82. The predicted molar refractivity (Wildman–Crippen MR) is 75.6 cm³/mol. The highest BCUT2D eigenvalue weighted by atomic mass is 15.2. The molecule has 0 saturated carbocycles. The first-order valence-corrected chi connectivity index (χ1v) is 6.27. The molecule has 19 heavy (non-hydrogen) atoms. The fourth-order valence-corrected chi connectivity index (χ4v) is 2.00. The van der Waals surface area contributed by atoms with Gasteiger partial charge in [0.05, 0.1) is 17.8 Å². The van der Waals surface area contributed by atoms with Crippen LogP contribution in [0.25, 0.3) is 11.1 Å². The zero-order chi connectivity index (χ0) is 13.8. The lowest BCUT2D eigenvalue weighted by Gasteiger charge is -2.10.